The van der Waals surface area contributed by atoms with Crippen LogP contribution in [-0.2, 0) is 9.47 Å². The predicted octanol–water partition coefficient (Wildman–Crippen LogP) is 2.43. The van der Waals surface area contributed by atoms with Gasteiger partial charge in [-0.1, -0.05) is 6.08 Å². The van der Waals surface area contributed by atoms with Gasteiger partial charge in [0.1, 0.15) is 58.5 Å². The number of hydrogen-bond acceptors (Lipinski definition) is 11. The predicted molar refractivity (Wildman–Crippen MR) is 152 cm³/mol. The second kappa shape index (κ2) is 9.63. The van der Waals surface area contributed by atoms with Crippen LogP contribution >= 0.6 is 0 Å². The number of ether oxygens (including phenoxy) is 4. The van der Waals surface area contributed by atoms with E-state index in [1.807, 2.05) is 0 Å². The Labute approximate surface area is 247 Å². The first-order valence-electron chi connectivity index (χ1n) is 13.9. The number of aromatic hydroxyl groups is 2. The summed E-state index contributed by atoms with van der Waals surface area (Å²) in [6.07, 6.45) is -2.64. The van der Waals surface area contributed by atoms with Gasteiger partial charge < -0.3 is 44.5 Å². The first-order chi connectivity index (χ1) is 20.2. The van der Waals surface area contributed by atoms with Crippen molar-refractivity contribution in [3.63, 3.8) is 0 Å². The molecule has 5 N–H and O–H groups in total. The highest BCUT2D eigenvalue weighted by Crippen LogP contribution is 2.56. The number of Topliss-reactive ketones (excluding diaryl/α,β-unsaturated/α-hetero) is 2. The third-order valence-electron chi connectivity index (χ3n) is 9.40. The van der Waals surface area contributed by atoms with Crippen molar-refractivity contribution >= 4 is 11.6 Å². The van der Waals surface area contributed by atoms with Crippen molar-refractivity contribution in [1.82, 2.24) is 0 Å². The van der Waals surface area contributed by atoms with Crippen LogP contribution in [0.15, 0.2) is 35.4 Å². The first-order valence-corrected chi connectivity index (χ1v) is 13.9. The Morgan fingerprint density at radius 2 is 1.26 bits per heavy atom. The van der Waals surface area contributed by atoms with Crippen LogP contribution in [-0.4, -0.2) is 93.0 Å². The maximum absolute atomic E-state index is 13.9. The standard InChI is InChI=1S/C32H34O11/c1-12-9-16(33)22-24(36)14-7-8-19(40-5)29(38)31(14,3)42-27(22)20(12)21-13(2)10-17(34)23-25(37)15-11-18(35)26(41-6)30(39)32(15,4)43-28(21)23/h7,9-11,18-19,26,29-30,33-35,38-39H,8H2,1-6H3/t18-,19+,26+,29-,30-,31-,32-/m1/s1. The summed E-state index contributed by atoms with van der Waals surface area (Å²) < 4.78 is 23.7. The van der Waals surface area contributed by atoms with E-state index in [9.17, 15) is 35.1 Å². The zero-order chi connectivity index (χ0) is 31.3. The quantitative estimate of drug-likeness (QED) is 0.353. The number of benzene rings is 2. The van der Waals surface area contributed by atoms with Crippen molar-refractivity contribution in [3.05, 3.63) is 57.7 Å². The van der Waals surface area contributed by atoms with E-state index in [0.29, 0.717) is 16.7 Å². The van der Waals surface area contributed by atoms with Gasteiger partial charge in [-0.25, -0.2) is 0 Å². The highest BCUT2D eigenvalue weighted by molar-refractivity contribution is 6.18. The molecule has 4 aliphatic rings. The number of fused-ring (bicyclic) bond motifs is 4. The minimum atomic E-state index is -1.69. The smallest absolute Gasteiger partial charge is 0.200 e. The van der Waals surface area contributed by atoms with E-state index in [-0.39, 0.29) is 57.3 Å². The molecule has 0 bridgehead atoms. The summed E-state index contributed by atoms with van der Waals surface area (Å²) in [7, 11) is 2.77. The van der Waals surface area contributed by atoms with Crippen molar-refractivity contribution in [3.8, 4) is 34.1 Å². The van der Waals surface area contributed by atoms with Gasteiger partial charge in [-0.3, -0.25) is 9.59 Å². The Kier molecular flexibility index (Phi) is 6.57. The number of aliphatic hydroxyl groups is 3. The van der Waals surface area contributed by atoms with Crippen molar-refractivity contribution < 1.29 is 54.1 Å². The molecule has 2 aliphatic heterocycles. The molecule has 0 amide bonds. The largest absolute Gasteiger partial charge is 0.507 e. The zero-order valence-electron chi connectivity index (χ0n) is 24.6. The summed E-state index contributed by atoms with van der Waals surface area (Å²) in [5.74, 6) is -2.02. The number of carbonyl (C=O) groups excluding carboxylic acids is 2. The fourth-order valence-corrected chi connectivity index (χ4v) is 7.01. The molecule has 0 spiro atoms. The topological polar surface area (TPSA) is 172 Å². The summed E-state index contributed by atoms with van der Waals surface area (Å²) in [5, 5.41) is 55.1. The van der Waals surface area contributed by atoms with Gasteiger partial charge in [-0.05, 0) is 63.5 Å². The number of aryl methyl sites for hydroxylation is 2. The van der Waals surface area contributed by atoms with Gasteiger partial charge in [0.15, 0.2) is 22.8 Å². The molecule has 0 saturated heterocycles. The minimum absolute atomic E-state index is 0.0362. The Morgan fingerprint density at radius 1 is 0.767 bits per heavy atom. The molecule has 228 valence electrons. The molecule has 43 heavy (non-hydrogen) atoms. The van der Waals surface area contributed by atoms with Crippen LogP contribution in [0.5, 0.6) is 23.0 Å². The van der Waals surface area contributed by atoms with E-state index >= 15 is 0 Å². The fourth-order valence-electron chi connectivity index (χ4n) is 7.01. The molecule has 11 nitrogen and oxygen atoms in total. The summed E-state index contributed by atoms with van der Waals surface area (Å²) in [5.41, 5.74) is -1.97. The third-order valence-corrected chi connectivity index (χ3v) is 9.40. The summed E-state index contributed by atoms with van der Waals surface area (Å²) in [6.45, 7) is 6.41. The lowest BCUT2D eigenvalue weighted by Gasteiger charge is -2.47. The lowest BCUT2D eigenvalue weighted by Crippen LogP contribution is -2.61. The van der Waals surface area contributed by atoms with Gasteiger partial charge in [0.05, 0.1) is 6.10 Å². The van der Waals surface area contributed by atoms with Crippen LogP contribution in [0.25, 0.3) is 11.1 Å². The first kappa shape index (κ1) is 29.3. The van der Waals surface area contributed by atoms with E-state index in [0.717, 1.165) is 0 Å². The van der Waals surface area contributed by atoms with Crippen LogP contribution in [0.3, 0.4) is 0 Å². The van der Waals surface area contributed by atoms with Crippen LogP contribution in [0.4, 0.5) is 0 Å². The molecule has 2 aromatic rings. The summed E-state index contributed by atoms with van der Waals surface area (Å²) in [6, 6.07) is 2.78. The third kappa shape index (κ3) is 3.79. The number of methoxy groups -OCH3 is 2. The SMILES string of the molecule is CO[C@H]1[C@H](O)C=C2C(=O)c3c(O)cc(C)c(-c4c(C)cc(O)c5c4O[C@]4(C)C(=CC[C@H](OC)[C@H]4O)C5=O)c3O[C@@]2(C)[C@@H]1O. The highest BCUT2D eigenvalue weighted by atomic mass is 16.5. The molecule has 6 rings (SSSR count). The van der Waals surface area contributed by atoms with Crippen molar-refractivity contribution in [2.24, 2.45) is 0 Å². The second-order valence-electron chi connectivity index (χ2n) is 11.9. The van der Waals surface area contributed by atoms with Crippen molar-refractivity contribution in [1.29, 1.82) is 0 Å². The molecule has 2 aromatic carbocycles. The van der Waals surface area contributed by atoms with Crippen LogP contribution in [0.2, 0.25) is 0 Å². The van der Waals surface area contributed by atoms with E-state index in [2.05, 4.69) is 0 Å². The van der Waals surface area contributed by atoms with Gasteiger partial charge in [-0.2, -0.15) is 0 Å². The number of carbonyl (C=O) groups is 2. The fraction of sp³-hybridized carbons (Fsp3) is 0.438. The van der Waals surface area contributed by atoms with Gasteiger partial charge in [-0.15, -0.1) is 0 Å². The molecule has 11 heteroatoms. The molecular weight excluding hydrogens is 560 g/mol. The van der Waals surface area contributed by atoms with Crippen LogP contribution in [0.1, 0.15) is 52.1 Å². The monoisotopic (exact) mass is 594 g/mol. The maximum Gasteiger partial charge on any atom is 0.200 e. The average molecular weight is 595 g/mol. The number of aliphatic hydroxyl groups excluding tert-OH is 3. The summed E-state index contributed by atoms with van der Waals surface area (Å²) >= 11 is 0. The maximum atomic E-state index is 13.9. The molecule has 0 fully saturated rings. The molecule has 0 aromatic heterocycles. The number of phenols is 2. The molecular formula is C32H34O11. The second-order valence-corrected chi connectivity index (χ2v) is 11.9. The number of hydrogen-bond donors (Lipinski definition) is 5. The normalized spacial score (nSPS) is 32.8. The number of ketones is 2. The molecule has 2 heterocycles. The Balaban J connectivity index is 1.64. The minimum Gasteiger partial charge on any atom is -0.507 e. The summed E-state index contributed by atoms with van der Waals surface area (Å²) in [4.78, 5) is 27.8. The average Bonchev–Trinajstić information content (AvgIpc) is 2.92. The van der Waals surface area contributed by atoms with Crippen molar-refractivity contribution in [2.75, 3.05) is 14.2 Å². The van der Waals surface area contributed by atoms with Crippen LogP contribution < -0.4 is 9.47 Å². The van der Waals surface area contributed by atoms with Gasteiger partial charge in [0.2, 0.25) is 0 Å². The molecule has 2 aliphatic carbocycles. The zero-order valence-corrected chi connectivity index (χ0v) is 24.6. The number of rotatable bonds is 3. The lowest BCUT2D eigenvalue weighted by molar-refractivity contribution is -0.135. The van der Waals surface area contributed by atoms with E-state index in [1.165, 1.54) is 39.4 Å². The van der Waals surface area contributed by atoms with Crippen LogP contribution in [0, 0.1) is 13.8 Å². The van der Waals surface area contributed by atoms with E-state index in [4.69, 9.17) is 18.9 Å². The highest BCUT2D eigenvalue weighted by Gasteiger charge is 2.57. The van der Waals surface area contributed by atoms with Gasteiger partial charge >= 0.3 is 0 Å². The van der Waals surface area contributed by atoms with E-state index < -0.39 is 53.3 Å². The number of phenolic OH excluding ortho intramolecular Hbond substituents is 2. The Bertz CT molecular complexity index is 1660. The molecule has 0 unspecified atom stereocenters. The molecule has 0 radical (unpaired) electrons. The Hall–Kier alpha value is -3.74. The molecule has 7 atom stereocenters. The van der Waals surface area contributed by atoms with Gasteiger partial charge in [0.25, 0.3) is 0 Å². The van der Waals surface area contributed by atoms with Crippen molar-refractivity contribution in [2.45, 2.75) is 75.8 Å². The lowest BCUT2D eigenvalue weighted by atomic mass is 9.72. The van der Waals surface area contributed by atoms with E-state index in [1.54, 1.807) is 26.8 Å². The molecule has 0 saturated carbocycles. The Morgan fingerprint density at radius 3 is 1.74 bits per heavy atom. The van der Waals surface area contributed by atoms with Gasteiger partial charge in [0, 0.05) is 36.5 Å².